The predicted octanol–water partition coefficient (Wildman–Crippen LogP) is 2.59. The summed E-state index contributed by atoms with van der Waals surface area (Å²) in [6, 6.07) is 3.05. The third-order valence-electron chi connectivity index (χ3n) is 1.86. The van der Waals surface area contributed by atoms with Gasteiger partial charge in [-0.15, -0.1) is 0 Å². The van der Waals surface area contributed by atoms with E-state index in [9.17, 15) is 13.2 Å². The van der Waals surface area contributed by atoms with Crippen molar-refractivity contribution in [1.82, 2.24) is 4.72 Å². The Morgan fingerprint density at radius 1 is 1.30 bits per heavy atom. The Kier molecular flexibility index (Phi) is 5.66. The molecule has 0 atom stereocenters. The number of hydrogen-bond acceptors (Lipinski definition) is 5. The van der Waals surface area contributed by atoms with Crippen LogP contribution in [0.2, 0.25) is 0 Å². The largest absolute Gasteiger partial charge is 0.446 e. The molecule has 0 aromatic heterocycles. The van der Waals surface area contributed by atoms with E-state index in [0.29, 0.717) is 14.6 Å². The smallest absolute Gasteiger partial charge is 0.422 e. The highest BCUT2D eigenvalue weighted by molar-refractivity contribution is 9.11. The molecule has 0 heterocycles. The third-order valence-corrected chi connectivity index (χ3v) is 4.02. The maximum Gasteiger partial charge on any atom is 0.422 e. The first-order valence-electron chi connectivity index (χ1n) is 5.36. The van der Waals surface area contributed by atoms with Gasteiger partial charge < -0.3 is 10.5 Å². The highest BCUT2D eigenvalue weighted by atomic mass is 79.9. The van der Waals surface area contributed by atoms with Gasteiger partial charge in [0.05, 0.1) is 11.8 Å². The fourth-order valence-corrected chi connectivity index (χ4v) is 3.69. The lowest BCUT2D eigenvalue weighted by molar-refractivity contribution is 0.121. The number of hydrogen-bond donors (Lipinski definition) is 3. The number of amides is 1. The van der Waals surface area contributed by atoms with Crippen LogP contribution in [0.5, 0.6) is 0 Å². The number of halogens is 2. The lowest BCUT2D eigenvalue weighted by Gasteiger charge is -2.14. The molecule has 7 nitrogen and oxygen atoms in total. The number of anilines is 2. The molecule has 1 aromatic rings. The van der Waals surface area contributed by atoms with Crippen molar-refractivity contribution in [3.63, 3.8) is 0 Å². The first-order valence-corrected chi connectivity index (χ1v) is 8.43. The van der Waals surface area contributed by atoms with Gasteiger partial charge in [0, 0.05) is 14.6 Å². The second kappa shape index (κ2) is 6.64. The Morgan fingerprint density at radius 3 is 2.25 bits per heavy atom. The van der Waals surface area contributed by atoms with Crippen LogP contribution in [0.1, 0.15) is 13.8 Å². The quantitative estimate of drug-likeness (QED) is 0.635. The summed E-state index contributed by atoms with van der Waals surface area (Å²) in [6.45, 7) is 3.21. The Balaban J connectivity index is 2.90. The summed E-state index contributed by atoms with van der Waals surface area (Å²) in [5.41, 5.74) is 6.26. The van der Waals surface area contributed by atoms with Crippen molar-refractivity contribution >= 4 is 59.5 Å². The number of benzene rings is 1. The molecule has 1 amide bonds. The minimum atomic E-state index is -4.11. The van der Waals surface area contributed by atoms with Gasteiger partial charge in [0.2, 0.25) is 0 Å². The van der Waals surface area contributed by atoms with Gasteiger partial charge in [-0.3, -0.25) is 4.72 Å². The molecule has 0 fully saturated rings. The number of nitrogens with one attached hydrogen (secondary N) is 2. The zero-order valence-corrected chi connectivity index (χ0v) is 14.6. The molecular formula is C10H13Br2N3O4S. The first kappa shape index (κ1) is 17.1. The molecule has 0 radical (unpaired) electrons. The monoisotopic (exact) mass is 429 g/mol. The van der Waals surface area contributed by atoms with E-state index in [1.165, 1.54) is 12.1 Å². The lowest BCUT2D eigenvalue weighted by atomic mass is 10.3. The second-order valence-electron chi connectivity index (χ2n) is 4.02. The van der Waals surface area contributed by atoms with Gasteiger partial charge in [0.1, 0.15) is 0 Å². The standard InChI is InChI=1S/C10H13Br2N3O4S/c1-5(2)19-10(16)15-20(17,18)14-9-7(11)3-6(13)4-8(9)12/h3-5,14H,13H2,1-2H3,(H,15,16). The Bertz CT molecular complexity index is 596. The number of nitrogens with two attached hydrogens (primary N) is 1. The van der Waals surface area contributed by atoms with Crippen LogP contribution in [-0.2, 0) is 14.9 Å². The van der Waals surface area contributed by atoms with E-state index in [2.05, 4.69) is 36.6 Å². The van der Waals surface area contributed by atoms with Crippen molar-refractivity contribution in [1.29, 1.82) is 0 Å². The summed E-state index contributed by atoms with van der Waals surface area (Å²) >= 11 is 6.35. The van der Waals surface area contributed by atoms with E-state index in [0.717, 1.165) is 0 Å². The summed E-state index contributed by atoms with van der Waals surface area (Å²) in [5, 5.41) is 0. The molecule has 0 unspecified atom stereocenters. The van der Waals surface area contributed by atoms with Crippen LogP contribution in [0.3, 0.4) is 0 Å². The third kappa shape index (κ3) is 5.17. The molecule has 0 aliphatic carbocycles. The molecule has 0 saturated heterocycles. The molecule has 112 valence electrons. The average molecular weight is 431 g/mol. The van der Waals surface area contributed by atoms with Crippen molar-refractivity contribution in [2.45, 2.75) is 20.0 Å². The highest BCUT2D eigenvalue weighted by Crippen LogP contribution is 2.33. The molecule has 1 aromatic carbocycles. The lowest BCUT2D eigenvalue weighted by Crippen LogP contribution is -2.37. The van der Waals surface area contributed by atoms with Crippen LogP contribution in [-0.4, -0.2) is 20.6 Å². The summed E-state index contributed by atoms with van der Waals surface area (Å²) in [4.78, 5) is 11.3. The van der Waals surface area contributed by atoms with Crippen LogP contribution in [0.25, 0.3) is 0 Å². The van der Waals surface area contributed by atoms with E-state index in [4.69, 9.17) is 10.5 Å². The molecule has 20 heavy (non-hydrogen) atoms. The zero-order valence-electron chi connectivity index (χ0n) is 10.6. The maximum absolute atomic E-state index is 11.8. The van der Waals surface area contributed by atoms with Crippen LogP contribution < -0.4 is 15.2 Å². The molecule has 1 rings (SSSR count). The normalized spacial score (nSPS) is 11.2. The van der Waals surface area contributed by atoms with Gasteiger partial charge in [-0.25, -0.2) is 9.52 Å². The van der Waals surface area contributed by atoms with E-state index in [-0.39, 0.29) is 5.69 Å². The van der Waals surface area contributed by atoms with Crippen molar-refractivity contribution in [2.75, 3.05) is 10.5 Å². The summed E-state index contributed by atoms with van der Waals surface area (Å²) in [5.74, 6) is 0. The predicted molar refractivity (Wildman–Crippen MR) is 83.5 cm³/mol. The summed E-state index contributed by atoms with van der Waals surface area (Å²) in [7, 11) is -4.11. The van der Waals surface area contributed by atoms with Gasteiger partial charge in [0.15, 0.2) is 0 Å². The van der Waals surface area contributed by atoms with Crippen molar-refractivity contribution in [2.24, 2.45) is 0 Å². The summed E-state index contributed by atoms with van der Waals surface area (Å²) in [6.07, 6.45) is -1.49. The van der Waals surface area contributed by atoms with Gasteiger partial charge in [-0.1, -0.05) is 0 Å². The molecule has 0 spiro atoms. The van der Waals surface area contributed by atoms with Crippen molar-refractivity contribution in [3.05, 3.63) is 21.1 Å². The van der Waals surface area contributed by atoms with Gasteiger partial charge >= 0.3 is 16.3 Å². The first-order chi connectivity index (χ1) is 9.10. The van der Waals surface area contributed by atoms with Crippen LogP contribution >= 0.6 is 31.9 Å². The minimum absolute atomic E-state index is 0.212. The SMILES string of the molecule is CC(C)OC(=O)NS(=O)(=O)Nc1c(Br)cc(N)cc1Br. The fourth-order valence-electron chi connectivity index (χ4n) is 1.20. The molecule has 0 aliphatic heterocycles. The molecular weight excluding hydrogens is 418 g/mol. The average Bonchev–Trinajstić information content (AvgIpc) is 2.21. The number of nitrogen functional groups attached to an aromatic ring is 1. The number of rotatable bonds is 4. The topological polar surface area (TPSA) is 111 Å². The number of carbonyl (C=O) groups excluding carboxylic acids is 1. The molecule has 4 N–H and O–H groups in total. The Hall–Kier alpha value is -1.000. The van der Waals surface area contributed by atoms with E-state index in [1.807, 2.05) is 0 Å². The van der Waals surface area contributed by atoms with Crippen molar-refractivity contribution < 1.29 is 17.9 Å². The van der Waals surface area contributed by atoms with E-state index >= 15 is 0 Å². The zero-order chi connectivity index (χ0) is 15.5. The van der Waals surface area contributed by atoms with E-state index < -0.39 is 22.4 Å². The highest BCUT2D eigenvalue weighted by Gasteiger charge is 2.19. The molecule has 0 bridgehead atoms. The molecule has 10 heteroatoms. The minimum Gasteiger partial charge on any atom is -0.446 e. The molecule has 0 saturated carbocycles. The van der Waals surface area contributed by atoms with Crippen LogP contribution in [0.4, 0.5) is 16.2 Å². The van der Waals surface area contributed by atoms with E-state index in [1.54, 1.807) is 18.6 Å². The number of ether oxygens (including phenoxy) is 1. The Morgan fingerprint density at radius 2 is 1.80 bits per heavy atom. The Labute approximate surface area is 133 Å². The maximum atomic E-state index is 11.8. The summed E-state index contributed by atoms with van der Waals surface area (Å²) < 4.78 is 33.0. The van der Waals surface area contributed by atoms with Gasteiger partial charge in [-0.05, 0) is 57.8 Å². The van der Waals surface area contributed by atoms with Crippen molar-refractivity contribution in [3.8, 4) is 0 Å². The second-order valence-corrected chi connectivity index (χ2v) is 7.14. The van der Waals surface area contributed by atoms with Gasteiger partial charge in [0.25, 0.3) is 0 Å². The van der Waals surface area contributed by atoms with Crippen LogP contribution in [0, 0.1) is 0 Å². The van der Waals surface area contributed by atoms with Gasteiger partial charge in [-0.2, -0.15) is 8.42 Å². The fraction of sp³-hybridized carbons (Fsp3) is 0.300. The molecule has 0 aliphatic rings. The van der Waals surface area contributed by atoms with Crippen LogP contribution in [0.15, 0.2) is 21.1 Å². The number of carbonyl (C=O) groups is 1.